The first-order valence-corrected chi connectivity index (χ1v) is 7.65. The Labute approximate surface area is 130 Å². The van der Waals surface area contributed by atoms with Crippen LogP contribution in [0.2, 0.25) is 0 Å². The normalized spacial score (nSPS) is 16.6. The standard InChI is InChI=1S/C16H21N5O/c1-14(21-7-6-17-13-21)12-16(22)20-10-8-19(9-11-20)15-4-2-3-5-18-15/h2-7,13-14H,8-12H2,1H3/t14-/m1/s1. The van der Waals surface area contributed by atoms with Crippen LogP contribution in [-0.2, 0) is 4.79 Å². The Morgan fingerprint density at radius 3 is 2.68 bits per heavy atom. The molecule has 0 saturated carbocycles. The molecular formula is C16H21N5O. The van der Waals surface area contributed by atoms with Gasteiger partial charge in [-0.05, 0) is 19.1 Å². The molecule has 116 valence electrons. The molecular weight excluding hydrogens is 278 g/mol. The molecule has 2 aromatic heterocycles. The number of hydrogen-bond donors (Lipinski definition) is 0. The van der Waals surface area contributed by atoms with E-state index >= 15 is 0 Å². The molecule has 0 aliphatic carbocycles. The third kappa shape index (κ3) is 3.27. The van der Waals surface area contributed by atoms with E-state index in [0.717, 1.165) is 32.0 Å². The van der Waals surface area contributed by atoms with E-state index in [-0.39, 0.29) is 11.9 Å². The number of hydrogen-bond acceptors (Lipinski definition) is 4. The second kappa shape index (κ2) is 6.60. The smallest absolute Gasteiger partial charge is 0.224 e. The van der Waals surface area contributed by atoms with E-state index in [1.807, 2.05) is 40.8 Å². The summed E-state index contributed by atoms with van der Waals surface area (Å²) < 4.78 is 1.97. The minimum Gasteiger partial charge on any atom is -0.353 e. The van der Waals surface area contributed by atoms with Gasteiger partial charge in [0.15, 0.2) is 0 Å². The average Bonchev–Trinajstić information content (AvgIpc) is 3.10. The van der Waals surface area contributed by atoms with Gasteiger partial charge in [-0.25, -0.2) is 9.97 Å². The maximum absolute atomic E-state index is 12.4. The highest BCUT2D eigenvalue weighted by Gasteiger charge is 2.23. The number of piperazine rings is 1. The lowest BCUT2D eigenvalue weighted by Crippen LogP contribution is -2.49. The topological polar surface area (TPSA) is 54.3 Å². The molecule has 0 spiro atoms. The van der Waals surface area contributed by atoms with E-state index in [9.17, 15) is 4.79 Å². The monoisotopic (exact) mass is 299 g/mol. The number of amides is 1. The molecule has 1 fully saturated rings. The molecule has 6 nitrogen and oxygen atoms in total. The molecule has 3 heterocycles. The Bertz CT molecular complexity index is 590. The molecule has 3 rings (SSSR count). The van der Waals surface area contributed by atoms with Crippen molar-refractivity contribution in [2.24, 2.45) is 0 Å². The van der Waals surface area contributed by atoms with Gasteiger partial charge >= 0.3 is 0 Å². The van der Waals surface area contributed by atoms with Gasteiger partial charge in [-0.1, -0.05) is 6.07 Å². The number of carbonyl (C=O) groups is 1. The lowest BCUT2D eigenvalue weighted by molar-refractivity contribution is -0.132. The molecule has 0 unspecified atom stereocenters. The second-order valence-electron chi connectivity index (χ2n) is 5.62. The Kier molecular flexibility index (Phi) is 4.37. The van der Waals surface area contributed by atoms with Crippen molar-refractivity contribution >= 4 is 11.7 Å². The van der Waals surface area contributed by atoms with Crippen LogP contribution < -0.4 is 4.90 Å². The summed E-state index contributed by atoms with van der Waals surface area (Å²) in [6.45, 7) is 5.23. The van der Waals surface area contributed by atoms with Gasteiger partial charge in [-0.3, -0.25) is 4.79 Å². The third-order valence-electron chi connectivity index (χ3n) is 4.11. The summed E-state index contributed by atoms with van der Waals surface area (Å²) in [5.74, 6) is 1.20. The van der Waals surface area contributed by atoms with Crippen LogP contribution in [0.1, 0.15) is 19.4 Å². The van der Waals surface area contributed by atoms with Gasteiger partial charge in [0.1, 0.15) is 5.82 Å². The van der Waals surface area contributed by atoms with Crippen molar-refractivity contribution in [1.29, 1.82) is 0 Å². The van der Waals surface area contributed by atoms with Gasteiger partial charge in [0.2, 0.25) is 5.91 Å². The summed E-state index contributed by atoms with van der Waals surface area (Å²) in [7, 11) is 0. The van der Waals surface area contributed by atoms with E-state index < -0.39 is 0 Å². The van der Waals surface area contributed by atoms with Crippen LogP contribution in [-0.4, -0.2) is 51.5 Å². The highest BCUT2D eigenvalue weighted by Crippen LogP contribution is 2.16. The van der Waals surface area contributed by atoms with Crippen molar-refractivity contribution in [2.45, 2.75) is 19.4 Å². The zero-order valence-electron chi connectivity index (χ0n) is 12.8. The Hall–Kier alpha value is -2.37. The molecule has 2 aromatic rings. The van der Waals surface area contributed by atoms with Crippen LogP contribution in [0.3, 0.4) is 0 Å². The fraction of sp³-hybridized carbons (Fsp3) is 0.438. The van der Waals surface area contributed by atoms with E-state index in [1.165, 1.54) is 0 Å². The van der Waals surface area contributed by atoms with Crippen molar-refractivity contribution in [3.63, 3.8) is 0 Å². The van der Waals surface area contributed by atoms with Gasteiger partial charge in [-0.15, -0.1) is 0 Å². The molecule has 1 amide bonds. The van der Waals surface area contributed by atoms with Crippen molar-refractivity contribution < 1.29 is 4.79 Å². The van der Waals surface area contributed by atoms with Gasteiger partial charge in [0.25, 0.3) is 0 Å². The lowest BCUT2D eigenvalue weighted by atomic mass is 10.2. The molecule has 1 aliphatic rings. The van der Waals surface area contributed by atoms with Crippen molar-refractivity contribution in [1.82, 2.24) is 19.4 Å². The largest absolute Gasteiger partial charge is 0.353 e. The minimum atomic E-state index is 0.142. The molecule has 6 heteroatoms. The Morgan fingerprint density at radius 1 is 1.23 bits per heavy atom. The molecule has 0 aromatic carbocycles. The van der Waals surface area contributed by atoms with Gasteiger partial charge < -0.3 is 14.4 Å². The highest BCUT2D eigenvalue weighted by atomic mass is 16.2. The fourth-order valence-electron chi connectivity index (χ4n) is 2.74. The maximum Gasteiger partial charge on any atom is 0.224 e. The molecule has 1 atom stereocenters. The molecule has 22 heavy (non-hydrogen) atoms. The third-order valence-corrected chi connectivity index (χ3v) is 4.11. The van der Waals surface area contributed by atoms with Crippen LogP contribution in [0.25, 0.3) is 0 Å². The van der Waals surface area contributed by atoms with Crippen LogP contribution in [0.15, 0.2) is 43.1 Å². The van der Waals surface area contributed by atoms with Crippen LogP contribution in [0.4, 0.5) is 5.82 Å². The summed E-state index contributed by atoms with van der Waals surface area (Å²) in [5, 5.41) is 0. The highest BCUT2D eigenvalue weighted by molar-refractivity contribution is 5.77. The summed E-state index contributed by atoms with van der Waals surface area (Å²) >= 11 is 0. The van der Waals surface area contributed by atoms with Gasteiger partial charge in [0, 0.05) is 57.2 Å². The van der Waals surface area contributed by atoms with Gasteiger partial charge in [0.05, 0.1) is 6.33 Å². The zero-order valence-corrected chi connectivity index (χ0v) is 12.8. The second-order valence-corrected chi connectivity index (χ2v) is 5.62. The summed E-state index contributed by atoms with van der Waals surface area (Å²) in [4.78, 5) is 25.0. The first-order valence-electron chi connectivity index (χ1n) is 7.65. The van der Waals surface area contributed by atoms with Crippen molar-refractivity contribution in [3.05, 3.63) is 43.1 Å². The number of nitrogens with zero attached hydrogens (tertiary/aromatic N) is 5. The van der Waals surface area contributed by atoms with Crippen LogP contribution in [0, 0.1) is 0 Å². The van der Waals surface area contributed by atoms with E-state index in [2.05, 4.69) is 14.9 Å². The number of aromatic nitrogens is 3. The lowest BCUT2D eigenvalue weighted by Gasteiger charge is -2.35. The molecule has 0 bridgehead atoms. The molecule has 1 saturated heterocycles. The predicted octanol–water partition coefficient (Wildman–Crippen LogP) is 1.58. The maximum atomic E-state index is 12.4. The predicted molar refractivity (Wildman–Crippen MR) is 84.6 cm³/mol. The number of anilines is 1. The van der Waals surface area contributed by atoms with Crippen LogP contribution in [0.5, 0.6) is 0 Å². The first-order chi connectivity index (χ1) is 10.7. The Balaban J connectivity index is 1.52. The van der Waals surface area contributed by atoms with Crippen molar-refractivity contribution in [2.75, 3.05) is 31.1 Å². The first kappa shape index (κ1) is 14.6. The Morgan fingerprint density at radius 2 is 2.05 bits per heavy atom. The van der Waals surface area contributed by atoms with Crippen molar-refractivity contribution in [3.8, 4) is 0 Å². The molecule has 0 N–H and O–H groups in total. The number of imidazole rings is 1. The summed E-state index contributed by atoms with van der Waals surface area (Å²) in [6.07, 6.45) is 7.72. The summed E-state index contributed by atoms with van der Waals surface area (Å²) in [5.41, 5.74) is 0. The number of pyridine rings is 1. The SMILES string of the molecule is C[C@H](CC(=O)N1CCN(c2ccccn2)CC1)n1ccnc1. The zero-order chi connectivity index (χ0) is 15.4. The molecule has 1 aliphatic heterocycles. The number of carbonyl (C=O) groups excluding carboxylic acids is 1. The van der Waals surface area contributed by atoms with E-state index in [0.29, 0.717) is 6.42 Å². The number of rotatable bonds is 4. The summed E-state index contributed by atoms with van der Waals surface area (Å²) in [6, 6.07) is 6.07. The minimum absolute atomic E-state index is 0.142. The average molecular weight is 299 g/mol. The molecule has 0 radical (unpaired) electrons. The van der Waals surface area contributed by atoms with E-state index in [4.69, 9.17) is 0 Å². The van der Waals surface area contributed by atoms with E-state index in [1.54, 1.807) is 18.7 Å². The quantitative estimate of drug-likeness (QED) is 0.860. The van der Waals surface area contributed by atoms with Gasteiger partial charge in [-0.2, -0.15) is 0 Å². The fourth-order valence-corrected chi connectivity index (χ4v) is 2.74. The van der Waals surface area contributed by atoms with Crippen LogP contribution >= 0.6 is 0 Å².